The van der Waals surface area contributed by atoms with E-state index in [0.717, 1.165) is 10.7 Å². The van der Waals surface area contributed by atoms with Crippen LogP contribution in [0.15, 0.2) is 35.3 Å². The maximum absolute atomic E-state index is 15.3. The summed E-state index contributed by atoms with van der Waals surface area (Å²) in [6.45, 7) is 10.1. The molecule has 5 rings (SSSR count). The van der Waals surface area contributed by atoms with Crippen molar-refractivity contribution in [3.05, 3.63) is 75.1 Å². The van der Waals surface area contributed by atoms with Crippen molar-refractivity contribution in [2.24, 2.45) is 0 Å². The highest BCUT2D eigenvalue weighted by atomic mass is 19.1. The number of rotatable bonds is 4. The van der Waals surface area contributed by atoms with E-state index in [2.05, 4.69) is 30.1 Å². The quantitative estimate of drug-likeness (QED) is 0.436. The first kappa shape index (κ1) is 22.4. The van der Waals surface area contributed by atoms with Gasteiger partial charge in [-0.1, -0.05) is 12.6 Å². The number of carbonyl (C=O) groups is 1. The van der Waals surface area contributed by atoms with E-state index >= 15 is 4.39 Å². The van der Waals surface area contributed by atoms with E-state index in [1.54, 1.807) is 24.3 Å². The predicted octanol–water partition coefficient (Wildman–Crippen LogP) is 2.08. The van der Waals surface area contributed by atoms with Gasteiger partial charge in [0.05, 0.1) is 17.4 Å². The van der Waals surface area contributed by atoms with Gasteiger partial charge in [0.15, 0.2) is 17.2 Å². The number of anilines is 1. The highest BCUT2D eigenvalue weighted by Crippen LogP contribution is 2.28. The molecule has 1 aliphatic rings. The molecule has 35 heavy (non-hydrogen) atoms. The molecule has 0 aliphatic carbocycles. The lowest BCUT2D eigenvalue weighted by atomic mass is 10.1. The highest BCUT2D eigenvalue weighted by Gasteiger charge is 2.23. The average molecular weight is 478 g/mol. The zero-order valence-electron chi connectivity index (χ0n) is 18.7. The Kier molecular flexibility index (Phi) is 5.62. The second kappa shape index (κ2) is 8.77. The molecule has 1 aromatic carbocycles. The van der Waals surface area contributed by atoms with Gasteiger partial charge >= 0.3 is 0 Å². The Hall–Kier alpha value is -4.37. The van der Waals surface area contributed by atoms with Gasteiger partial charge < -0.3 is 20.0 Å². The third-order valence-electron chi connectivity index (χ3n) is 6.13. The largest absolute Gasteiger partial charge is 0.376 e. The molecule has 178 valence electrons. The number of pyridine rings is 1. The molecule has 10 nitrogen and oxygen atoms in total. The average Bonchev–Trinajstić information content (AvgIpc) is 3.28. The smallest absolute Gasteiger partial charge is 0.293 e. The van der Waals surface area contributed by atoms with Crippen molar-refractivity contribution >= 4 is 34.0 Å². The first-order valence-corrected chi connectivity index (χ1v) is 10.9. The van der Waals surface area contributed by atoms with Gasteiger partial charge in [-0.25, -0.2) is 13.3 Å². The topological polar surface area (TPSA) is 103 Å². The summed E-state index contributed by atoms with van der Waals surface area (Å²) in [5.41, 5.74) is 0.478. The summed E-state index contributed by atoms with van der Waals surface area (Å²) >= 11 is 0. The minimum absolute atomic E-state index is 0.0225. The predicted molar refractivity (Wildman–Crippen MR) is 125 cm³/mol. The molecule has 1 aliphatic heterocycles. The Morgan fingerprint density at radius 2 is 1.97 bits per heavy atom. The molecule has 0 radical (unpaired) electrons. The number of nitrogens with one attached hydrogen (secondary N) is 2. The maximum Gasteiger partial charge on any atom is 0.293 e. The Morgan fingerprint density at radius 3 is 2.69 bits per heavy atom. The van der Waals surface area contributed by atoms with Gasteiger partial charge in [-0.15, -0.1) is 4.98 Å². The molecule has 0 atom stereocenters. The number of hydrogen-bond donors (Lipinski definition) is 2. The van der Waals surface area contributed by atoms with Crippen LogP contribution < -0.4 is 15.8 Å². The molecular formula is C23H20F2N8O2. The second-order valence-corrected chi connectivity index (χ2v) is 8.13. The zero-order valence-corrected chi connectivity index (χ0v) is 18.7. The summed E-state index contributed by atoms with van der Waals surface area (Å²) in [7, 11) is 1.50. The van der Waals surface area contributed by atoms with Gasteiger partial charge in [-0.2, -0.15) is 5.10 Å². The SMILES string of the molecule is [C-]#[N+]c1nc(C(=O)NC)ccc1N1CCN(Cc2ccc3c([nH]c(=O)c4c(F)cnn43)c2F)CC1. The molecule has 0 saturated carbocycles. The molecule has 0 unspecified atom stereocenters. The minimum atomic E-state index is -0.768. The van der Waals surface area contributed by atoms with E-state index < -0.39 is 17.2 Å². The van der Waals surface area contributed by atoms with Crippen molar-refractivity contribution in [2.45, 2.75) is 6.54 Å². The molecular weight excluding hydrogens is 458 g/mol. The van der Waals surface area contributed by atoms with Crippen LogP contribution >= 0.6 is 0 Å². The lowest BCUT2D eigenvalue weighted by Crippen LogP contribution is -2.46. The highest BCUT2D eigenvalue weighted by molar-refractivity contribution is 5.93. The first-order valence-electron chi connectivity index (χ1n) is 10.9. The first-order chi connectivity index (χ1) is 16.9. The van der Waals surface area contributed by atoms with Crippen LogP contribution in [-0.4, -0.2) is 63.6 Å². The van der Waals surface area contributed by atoms with E-state index in [0.29, 0.717) is 44.0 Å². The monoisotopic (exact) mass is 478 g/mol. The normalized spacial score (nSPS) is 14.4. The Morgan fingerprint density at radius 1 is 1.20 bits per heavy atom. The molecule has 1 fully saturated rings. The number of nitrogens with zero attached hydrogens (tertiary/aromatic N) is 6. The molecule has 3 aromatic heterocycles. The number of carbonyl (C=O) groups excluding carboxylic acids is 1. The standard InChI is InChI=1S/C23H20F2N8O2/c1-26-21-17(6-4-15(29-21)22(34)27-2)32-9-7-31(8-10-32)12-13-3-5-16-19(18(13)25)30-23(35)20-14(24)11-28-33(16)20/h3-6,11H,7-10,12H2,2H3,(H,27,34)(H,30,35). The Labute approximate surface area is 197 Å². The van der Waals surface area contributed by atoms with Crippen molar-refractivity contribution in [1.29, 1.82) is 0 Å². The number of amides is 1. The van der Waals surface area contributed by atoms with Crippen molar-refractivity contribution in [1.82, 2.24) is 29.8 Å². The van der Waals surface area contributed by atoms with Crippen molar-refractivity contribution in [3.63, 3.8) is 0 Å². The zero-order chi connectivity index (χ0) is 24.7. The molecule has 0 spiro atoms. The van der Waals surface area contributed by atoms with E-state index in [9.17, 15) is 14.0 Å². The third-order valence-corrected chi connectivity index (χ3v) is 6.13. The van der Waals surface area contributed by atoms with Gasteiger partial charge in [0.1, 0.15) is 5.52 Å². The summed E-state index contributed by atoms with van der Waals surface area (Å²) in [6.07, 6.45) is 0.927. The molecule has 2 N–H and O–H groups in total. The van der Waals surface area contributed by atoms with Crippen LogP contribution in [0.4, 0.5) is 20.3 Å². The molecule has 12 heteroatoms. The fourth-order valence-corrected chi connectivity index (χ4v) is 4.33. The third kappa shape index (κ3) is 3.85. The summed E-state index contributed by atoms with van der Waals surface area (Å²) in [4.78, 5) is 38.2. The van der Waals surface area contributed by atoms with Crippen LogP contribution in [0.25, 0.3) is 21.4 Å². The van der Waals surface area contributed by atoms with Crippen molar-refractivity contribution in [2.75, 3.05) is 38.1 Å². The van der Waals surface area contributed by atoms with Gasteiger partial charge in [0.25, 0.3) is 17.3 Å². The van der Waals surface area contributed by atoms with Crippen molar-refractivity contribution < 1.29 is 13.6 Å². The van der Waals surface area contributed by atoms with Gasteiger partial charge in [0, 0.05) is 45.3 Å². The fourth-order valence-electron chi connectivity index (χ4n) is 4.33. The Balaban J connectivity index is 1.34. The Bertz CT molecular complexity index is 1560. The van der Waals surface area contributed by atoms with Crippen LogP contribution in [-0.2, 0) is 6.54 Å². The second-order valence-electron chi connectivity index (χ2n) is 8.13. The van der Waals surface area contributed by atoms with Crippen LogP contribution in [0.5, 0.6) is 0 Å². The molecule has 1 saturated heterocycles. The lowest BCUT2D eigenvalue weighted by molar-refractivity contribution is 0.0958. The molecule has 1 amide bonds. The number of aromatic nitrogens is 4. The number of fused-ring (bicyclic) bond motifs is 3. The summed E-state index contributed by atoms with van der Waals surface area (Å²) in [5, 5.41) is 6.35. The number of H-pyrrole nitrogens is 1. The maximum atomic E-state index is 15.3. The van der Waals surface area contributed by atoms with E-state index in [1.165, 1.54) is 7.05 Å². The number of halogens is 2. The summed E-state index contributed by atoms with van der Waals surface area (Å²) < 4.78 is 30.3. The van der Waals surface area contributed by atoms with E-state index in [-0.39, 0.29) is 34.0 Å². The van der Waals surface area contributed by atoms with E-state index in [1.807, 2.05) is 4.90 Å². The van der Waals surface area contributed by atoms with Gasteiger partial charge in [-0.3, -0.25) is 14.5 Å². The fraction of sp³-hybridized carbons (Fsp3) is 0.261. The van der Waals surface area contributed by atoms with Gasteiger partial charge in [0.2, 0.25) is 5.69 Å². The summed E-state index contributed by atoms with van der Waals surface area (Å²) in [5.74, 6) is -1.55. The molecule has 0 bridgehead atoms. The van der Waals surface area contributed by atoms with Crippen LogP contribution in [0.1, 0.15) is 16.1 Å². The number of hydrogen-bond acceptors (Lipinski definition) is 6. The molecule has 4 heterocycles. The van der Waals surface area contributed by atoms with Crippen LogP contribution in [0.2, 0.25) is 0 Å². The summed E-state index contributed by atoms with van der Waals surface area (Å²) in [6, 6.07) is 6.53. The lowest BCUT2D eigenvalue weighted by Gasteiger charge is -2.36. The number of benzene rings is 1. The molecule has 4 aromatic rings. The van der Waals surface area contributed by atoms with Crippen LogP contribution in [0, 0.1) is 18.2 Å². The van der Waals surface area contributed by atoms with Gasteiger partial charge in [-0.05, 0) is 18.2 Å². The minimum Gasteiger partial charge on any atom is -0.376 e. The number of aromatic amines is 1. The van der Waals surface area contributed by atoms with E-state index in [4.69, 9.17) is 6.57 Å². The van der Waals surface area contributed by atoms with Crippen LogP contribution in [0.3, 0.4) is 0 Å². The van der Waals surface area contributed by atoms with Crippen molar-refractivity contribution in [3.8, 4) is 0 Å². The number of piperazine rings is 1.